The molecule has 1 aliphatic rings. The lowest BCUT2D eigenvalue weighted by molar-refractivity contribution is -0.135. The second-order valence-electron chi connectivity index (χ2n) is 4.98. The van der Waals surface area contributed by atoms with Crippen molar-refractivity contribution in [3.8, 4) is 11.5 Å². The fraction of sp³-hybridized carbons (Fsp3) is 0.429. The Morgan fingerprint density at radius 2 is 2.38 bits per heavy atom. The van der Waals surface area contributed by atoms with Crippen molar-refractivity contribution in [2.45, 2.75) is 13.0 Å². The van der Waals surface area contributed by atoms with Crippen LogP contribution in [-0.2, 0) is 16.1 Å². The molecule has 1 fully saturated rings. The van der Waals surface area contributed by atoms with Gasteiger partial charge in [-0.2, -0.15) is 4.98 Å². The van der Waals surface area contributed by atoms with E-state index in [1.807, 2.05) is 12.1 Å². The lowest BCUT2D eigenvalue weighted by Crippen LogP contribution is -2.32. The van der Waals surface area contributed by atoms with E-state index in [1.165, 1.54) is 0 Å². The molecule has 1 amide bonds. The molecule has 1 atom stereocenters. The molecule has 21 heavy (non-hydrogen) atoms. The van der Waals surface area contributed by atoms with E-state index in [0.717, 1.165) is 6.42 Å². The van der Waals surface area contributed by atoms with Gasteiger partial charge in [0.2, 0.25) is 17.6 Å². The molecule has 0 N–H and O–H groups in total. The van der Waals surface area contributed by atoms with Crippen molar-refractivity contribution in [1.82, 2.24) is 20.0 Å². The standard InChI is InChI=1S/C14H16N4O3/c1-18(14(19)10-5-7-20-9-10)8-12-16-13(17-21-12)11-4-2-3-6-15-11/h2-4,6,10H,5,7-9H2,1H3/t10-/m1/s1. The summed E-state index contributed by atoms with van der Waals surface area (Å²) in [5, 5.41) is 3.89. The van der Waals surface area contributed by atoms with E-state index in [4.69, 9.17) is 9.26 Å². The van der Waals surface area contributed by atoms with Crippen LogP contribution < -0.4 is 0 Å². The number of amides is 1. The van der Waals surface area contributed by atoms with E-state index in [0.29, 0.717) is 30.6 Å². The second kappa shape index (κ2) is 6.01. The van der Waals surface area contributed by atoms with Crippen molar-refractivity contribution in [2.75, 3.05) is 20.3 Å². The predicted molar refractivity (Wildman–Crippen MR) is 72.9 cm³/mol. The minimum absolute atomic E-state index is 0.0464. The molecule has 2 aromatic rings. The Bertz CT molecular complexity index is 608. The predicted octanol–water partition coefficient (Wildman–Crippen LogP) is 1.13. The lowest BCUT2D eigenvalue weighted by atomic mass is 10.1. The summed E-state index contributed by atoms with van der Waals surface area (Å²) in [4.78, 5) is 22.2. The minimum Gasteiger partial charge on any atom is -0.381 e. The normalized spacial score (nSPS) is 17.9. The van der Waals surface area contributed by atoms with E-state index < -0.39 is 0 Å². The van der Waals surface area contributed by atoms with E-state index in [9.17, 15) is 4.79 Å². The first kappa shape index (κ1) is 13.7. The van der Waals surface area contributed by atoms with Gasteiger partial charge in [0.15, 0.2) is 0 Å². The highest BCUT2D eigenvalue weighted by molar-refractivity contribution is 5.78. The molecule has 3 rings (SSSR count). The first-order valence-corrected chi connectivity index (χ1v) is 6.81. The van der Waals surface area contributed by atoms with Crippen LogP contribution in [0, 0.1) is 5.92 Å². The summed E-state index contributed by atoms with van der Waals surface area (Å²) in [6.07, 6.45) is 2.44. The van der Waals surface area contributed by atoms with E-state index >= 15 is 0 Å². The van der Waals surface area contributed by atoms with Gasteiger partial charge in [-0.3, -0.25) is 9.78 Å². The summed E-state index contributed by atoms with van der Waals surface area (Å²) in [6.45, 7) is 1.43. The Morgan fingerprint density at radius 3 is 3.10 bits per heavy atom. The molecule has 1 saturated heterocycles. The Hall–Kier alpha value is -2.28. The zero-order valence-corrected chi connectivity index (χ0v) is 11.7. The summed E-state index contributed by atoms with van der Waals surface area (Å²) in [5.74, 6) is 0.805. The summed E-state index contributed by atoms with van der Waals surface area (Å²) < 4.78 is 10.4. The molecular weight excluding hydrogens is 272 g/mol. The van der Waals surface area contributed by atoms with Crippen LogP contribution in [0.2, 0.25) is 0 Å². The van der Waals surface area contributed by atoms with Crippen molar-refractivity contribution < 1.29 is 14.1 Å². The van der Waals surface area contributed by atoms with Gasteiger partial charge in [-0.15, -0.1) is 0 Å². The van der Waals surface area contributed by atoms with Crippen molar-refractivity contribution in [2.24, 2.45) is 5.92 Å². The van der Waals surface area contributed by atoms with E-state index in [-0.39, 0.29) is 18.4 Å². The third-order valence-electron chi connectivity index (χ3n) is 3.39. The molecule has 0 bridgehead atoms. The SMILES string of the molecule is CN(Cc1nc(-c2ccccn2)no1)C(=O)[C@@H]1CCOC1. The van der Waals surface area contributed by atoms with Crippen LogP contribution in [-0.4, -0.2) is 46.2 Å². The number of aromatic nitrogens is 3. The van der Waals surface area contributed by atoms with Gasteiger partial charge in [-0.25, -0.2) is 0 Å². The maximum absolute atomic E-state index is 12.2. The zero-order chi connectivity index (χ0) is 14.7. The quantitative estimate of drug-likeness (QED) is 0.838. The lowest BCUT2D eigenvalue weighted by Gasteiger charge is -2.18. The van der Waals surface area contributed by atoms with Crippen LogP contribution in [0.15, 0.2) is 28.9 Å². The number of hydrogen-bond donors (Lipinski definition) is 0. The molecule has 2 aromatic heterocycles. The van der Waals surface area contributed by atoms with Crippen molar-refractivity contribution in [3.05, 3.63) is 30.3 Å². The van der Waals surface area contributed by atoms with Gasteiger partial charge in [0.1, 0.15) is 5.69 Å². The number of pyridine rings is 1. The highest BCUT2D eigenvalue weighted by Crippen LogP contribution is 2.17. The highest BCUT2D eigenvalue weighted by atomic mass is 16.5. The van der Waals surface area contributed by atoms with Gasteiger partial charge in [0.05, 0.1) is 19.1 Å². The Labute approximate surface area is 121 Å². The van der Waals surface area contributed by atoms with Gasteiger partial charge >= 0.3 is 0 Å². The summed E-state index contributed by atoms with van der Waals surface area (Å²) in [6, 6.07) is 5.48. The summed E-state index contributed by atoms with van der Waals surface area (Å²) in [5.41, 5.74) is 0.644. The van der Waals surface area contributed by atoms with Crippen LogP contribution in [0.5, 0.6) is 0 Å². The average Bonchev–Trinajstić information content (AvgIpc) is 3.19. The van der Waals surface area contributed by atoms with Crippen LogP contribution in [0.3, 0.4) is 0 Å². The number of carbonyl (C=O) groups excluding carboxylic acids is 1. The minimum atomic E-state index is -0.0619. The Balaban J connectivity index is 1.65. The third kappa shape index (κ3) is 3.08. The molecule has 0 spiro atoms. The topological polar surface area (TPSA) is 81.4 Å². The van der Waals surface area contributed by atoms with Gasteiger partial charge in [-0.1, -0.05) is 11.2 Å². The first-order valence-electron chi connectivity index (χ1n) is 6.81. The molecule has 0 saturated carbocycles. The molecule has 0 aliphatic carbocycles. The third-order valence-corrected chi connectivity index (χ3v) is 3.39. The van der Waals surface area contributed by atoms with E-state index in [1.54, 1.807) is 24.2 Å². The summed E-state index contributed by atoms with van der Waals surface area (Å²) in [7, 11) is 1.73. The van der Waals surface area contributed by atoms with Gasteiger partial charge in [0, 0.05) is 19.9 Å². The average molecular weight is 288 g/mol. The highest BCUT2D eigenvalue weighted by Gasteiger charge is 2.27. The Kier molecular flexibility index (Phi) is 3.92. The molecule has 7 nitrogen and oxygen atoms in total. The largest absolute Gasteiger partial charge is 0.381 e. The number of hydrogen-bond acceptors (Lipinski definition) is 6. The molecule has 0 unspecified atom stereocenters. The molecule has 1 aliphatic heterocycles. The number of ether oxygens (including phenoxy) is 1. The smallest absolute Gasteiger partial charge is 0.246 e. The van der Waals surface area contributed by atoms with E-state index in [2.05, 4.69) is 15.1 Å². The Morgan fingerprint density at radius 1 is 1.48 bits per heavy atom. The molecule has 110 valence electrons. The summed E-state index contributed by atoms with van der Waals surface area (Å²) >= 11 is 0. The second-order valence-corrected chi connectivity index (χ2v) is 4.98. The van der Waals surface area contributed by atoms with Crippen LogP contribution in [0.4, 0.5) is 0 Å². The molecular formula is C14H16N4O3. The first-order chi connectivity index (χ1) is 10.2. The maximum atomic E-state index is 12.2. The fourth-order valence-corrected chi connectivity index (χ4v) is 2.24. The number of rotatable bonds is 4. The molecule has 7 heteroatoms. The molecule has 0 radical (unpaired) electrons. The van der Waals surface area contributed by atoms with Crippen molar-refractivity contribution in [3.63, 3.8) is 0 Å². The zero-order valence-electron chi connectivity index (χ0n) is 11.7. The fourth-order valence-electron chi connectivity index (χ4n) is 2.24. The van der Waals surface area contributed by atoms with Gasteiger partial charge in [0.25, 0.3) is 0 Å². The van der Waals surface area contributed by atoms with Crippen LogP contribution in [0.25, 0.3) is 11.5 Å². The maximum Gasteiger partial charge on any atom is 0.246 e. The van der Waals surface area contributed by atoms with Crippen molar-refractivity contribution >= 4 is 5.91 Å². The monoisotopic (exact) mass is 288 g/mol. The van der Waals surface area contributed by atoms with Crippen LogP contribution >= 0.6 is 0 Å². The molecule has 3 heterocycles. The number of carbonyl (C=O) groups is 1. The molecule has 0 aromatic carbocycles. The van der Waals surface area contributed by atoms with Crippen molar-refractivity contribution in [1.29, 1.82) is 0 Å². The van der Waals surface area contributed by atoms with Crippen LogP contribution in [0.1, 0.15) is 12.3 Å². The van der Waals surface area contributed by atoms with Gasteiger partial charge < -0.3 is 14.2 Å². The van der Waals surface area contributed by atoms with Gasteiger partial charge in [-0.05, 0) is 18.6 Å². The number of nitrogens with zero attached hydrogens (tertiary/aromatic N) is 4.